The fourth-order valence-corrected chi connectivity index (χ4v) is 3.87. The van der Waals surface area contributed by atoms with Gasteiger partial charge in [0, 0.05) is 30.8 Å². The van der Waals surface area contributed by atoms with Crippen molar-refractivity contribution in [3.8, 4) is 11.5 Å². The number of ether oxygens (including phenoxy) is 2. The van der Waals surface area contributed by atoms with Crippen molar-refractivity contribution >= 4 is 11.6 Å². The van der Waals surface area contributed by atoms with E-state index in [1.165, 1.54) is 14.0 Å². The molecule has 2 aromatic heterocycles. The molecule has 0 bridgehead atoms. The van der Waals surface area contributed by atoms with Crippen LogP contribution in [0, 0.1) is 13.8 Å². The third-order valence-electron chi connectivity index (χ3n) is 5.49. The molecule has 1 saturated heterocycles. The minimum absolute atomic E-state index is 0.145. The summed E-state index contributed by atoms with van der Waals surface area (Å²) in [5, 5.41) is 4.17. The van der Waals surface area contributed by atoms with Crippen LogP contribution in [0.3, 0.4) is 0 Å². The number of carbonyl (C=O) groups excluding carboxylic acids is 1. The summed E-state index contributed by atoms with van der Waals surface area (Å²) < 4.78 is 51.9. The van der Waals surface area contributed by atoms with E-state index in [4.69, 9.17) is 9.47 Å². The number of amides is 1. The molecular weight excluding hydrogens is 425 g/mol. The number of nitrogens with zero attached hydrogens (tertiary/aromatic N) is 4. The van der Waals surface area contributed by atoms with Crippen LogP contribution >= 0.6 is 0 Å². The molecule has 0 radical (unpaired) electrons. The van der Waals surface area contributed by atoms with Gasteiger partial charge >= 0.3 is 6.18 Å². The molecule has 3 aromatic rings. The number of likely N-dealkylation sites (tertiary alicyclic amines) is 1. The Bertz CT molecular complexity index is 1160. The van der Waals surface area contributed by atoms with Gasteiger partial charge < -0.3 is 14.4 Å². The molecule has 1 aromatic carbocycles. The summed E-state index contributed by atoms with van der Waals surface area (Å²) in [6.07, 6.45) is -3.94. The van der Waals surface area contributed by atoms with Gasteiger partial charge in [0.2, 0.25) is 0 Å². The Morgan fingerprint density at radius 2 is 1.97 bits per heavy atom. The van der Waals surface area contributed by atoms with Crippen LogP contribution in [0.15, 0.2) is 30.3 Å². The fourth-order valence-electron chi connectivity index (χ4n) is 3.87. The van der Waals surface area contributed by atoms with E-state index in [2.05, 4.69) is 10.1 Å². The number of aryl methyl sites for hydroxylation is 2. The van der Waals surface area contributed by atoms with E-state index in [9.17, 15) is 18.0 Å². The van der Waals surface area contributed by atoms with Gasteiger partial charge in [0.15, 0.2) is 23.8 Å². The third kappa shape index (κ3) is 4.35. The summed E-state index contributed by atoms with van der Waals surface area (Å²) in [5.74, 6) is 0.647. The first-order valence-electron chi connectivity index (χ1n) is 10.2. The van der Waals surface area contributed by atoms with E-state index in [-0.39, 0.29) is 29.8 Å². The molecule has 3 heterocycles. The van der Waals surface area contributed by atoms with Gasteiger partial charge in [-0.25, -0.2) is 9.50 Å². The zero-order valence-corrected chi connectivity index (χ0v) is 17.9. The summed E-state index contributed by atoms with van der Waals surface area (Å²) in [6.45, 7) is 4.12. The van der Waals surface area contributed by atoms with Gasteiger partial charge in [0.1, 0.15) is 5.69 Å². The number of hydrogen-bond acceptors (Lipinski definition) is 5. The van der Waals surface area contributed by atoms with Crippen LogP contribution in [-0.4, -0.2) is 52.2 Å². The SMILES string of the molecule is COc1cc(C)ccc1OCC(=O)N1CC[C@@H](c2cc3nc(C)cc(C(F)(F)F)n3n2)C1. The van der Waals surface area contributed by atoms with Gasteiger partial charge in [-0.15, -0.1) is 0 Å². The van der Waals surface area contributed by atoms with Crippen molar-refractivity contribution < 1.29 is 27.4 Å². The second-order valence-corrected chi connectivity index (χ2v) is 7.89. The Kier molecular flexibility index (Phi) is 5.70. The van der Waals surface area contributed by atoms with E-state index in [0.717, 1.165) is 16.1 Å². The molecular formula is C22H23F3N4O3. The Hall–Kier alpha value is -3.30. The maximum atomic E-state index is 13.4. The quantitative estimate of drug-likeness (QED) is 0.595. The fraction of sp³-hybridized carbons (Fsp3) is 0.409. The second-order valence-electron chi connectivity index (χ2n) is 7.89. The number of fused-ring (bicyclic) bond motifs is 1. The lowest BCUT2D eigenvalue weighted by Gasteiger charge is -2.17. The van der Waals surface area contributed by atoms with E-state index < -0.39 is 11.9 Å². The first kappa shape index (κ1) is 21.9. The van der Waals surface area contributed by atoms with E-state index in [1.807, 2.05) is 19.1 Å². The van der Waals surface area contributed by atoms with Crippen molar-refractivity contribution in [3.05, 3.63) is 53.0 Å². The van der Waals surface area contributed by atoms with Gasteiger partial charge in [-0.2, -0.15) is 18.3 Å². The number of halogens is 3. The van der Waals surface area contributed by atoms with Crippen LogP contribution in [-0.2, 0) is 11.0 Å². The summed E-state index contributed by atoms with van der Waals surface area (Å²) in [5.41, 5.74) is 1.05. The molecule has 0 spiro atoms. The first-order chi connectivity index (χ1) is 15.2. The van der Waals surface area contributed by atoms with E-state index in [0.29, 0.717) is 36.7 Å². The first-order valence-corrected chi connectivity index (χ1v) is 10.2. The van der Waals surface area contributed by atoms with Crippen LogP contribution in [0.5, 0.6) is 11.5 Å². The zero-order valence-electron chi connectivity index (χ0n) is 17.9. The average Bonchev–Trinajstić information content (AvgIpc) is 3.38. The van der Waals surface area contributed by atoms with Gasteiger partial charge in [-0.1, -0.05) is 6.07 Å². The number of aromatic nitrogens is 3. The van der Waals surface area contributed by atoms with Gasteiger partial charge in [-0.3, -0.25) is 4.79 Å². The van der Waals surface area contributed by atoms with Crippen molar-refractivity contribution in [2.45, 2.75) is 32.4 Å². The largest absolute Gasteiger partial charge is 0.493 e. The molecule has 1 amide bonds. The van der Waals surface area contributed by atoms with Crippen LogP contribution in [0.1, 0.15) is 35.0 Å². The molecule has 32 heavy (non-hydrogen) atoms. The lowest BCUT2D eigenvalue weighted by atomic mass is 10.1. The second kappa shape index (κ2) is 8.33. The zero-order chi connectivity index (χ0) is 23.0. The van der Waals surface area contributed by atoms with Crippen molar-refractivity contribution in [2.75, 3.05) is 26.8 Å². The summed E-state index contributed by atoms with van der Waals surface area (Å²) in [7, 11) is 1.53. The Morgan fingerprint density at radius 1 is 1.19 bits per heavy atom. The Morgan fingerprint density at radius 3 is 2.69 bits per heavy atom. The number of rotatable bonds is 5. The molecule has 1 atom stereocenters. The summed E-state index contributed by atoms with van der Waals surface area (Å²) in [4.78, 5) is 18.4. The van der Waals surface area contributed by atoms with Gasteiger partial charge in [-0.05, 0) is 44.0 Å². The molecule has 0 aliphatic carbocycles. The minimum atomic E-state index is -4.54. The highest BCUT2D eigenvalue weighted by Gasteiger charge is 2.36. The predicted octanol–water partition coefficient (Wildman–Crippen LogP) is 3.77. The van der Waals surface area contributed by atoms with Crippen LogP contribution in [0.2, 0.25) is 0 Å². The highest BCUT2D eigenvalue weighted by atomic mass is 19.4. The molecule has 7 nitrogen and oxygen atoms in total. The molecule has 0 N–H and O–H groups in total. The topological polar surface area (TPSA) is 69.0 Å². The van der Waals surface area contributed by atoms with Gasteiger partial charge in [0.25, 0.3) is 5.91 Å². The van der Waals surface area contributed by atoms with Crippen LogP contribution < -0.4 is 9.47 Å². The predicted molar refractivity (Wildman–Crippen MR) is 110 cm³/mol. The molecule has 170 valence electrons. The standard InChI is InChI=1S/C22H23F3N4O3/c1-13-4-5-17(18(8-13)31-3)32-12-21(30)28-7-6-15(11-28)16-10-20-26-14(2)9-19(22(23,24)25)29(20)27-16/h4-5,8-10,15H,6-7,11-12H2,1-3H3/t15-/m1/s1. The Labute approximate surface area is 182 Å². The highest BCUT2D eigenvalue weighted by molar-refractivity contribution is 5.78. The molecule has 1 fully saturated rings. The smallest absolute Gasteiger partial charge is 0.433 e. The summed E-state index contributed by atoms with van der Waals surface area (Å²) in [6, 6.07) is 7.97. The maximum Gasteiger partial charge on any atom is 0.433 e. The third-order valence-corrected chi connectivity index (χ3v) is 5.49. The highest BCUT2D eigenvalue weighted by Crippen LogP contribution is 2.32. The monoisotopic (exact) mass is 448 g/mol. The van der Waals surface area contributed by atoms with Crippen molar-refractivity contribution in [1.29, 1.82) is 0 Å². The number of alkyl halides is 3. The molecule has 1 aliphatic heterocycles. The molecule has 1 aliphatic rings. The normalized spacial score (nSPS) is 16.6. The lowest BCUT2D eigenvalue weighted by Crippen LogP contribution is -2.32. The number of methoxy groups -OCH3 is 1. The molecule has 0 unspecified atom stereocenters. The number of carbonyl (C=O) groups is 1. The molecule has 0 saturated carbocycles. The minimum Gasteiger partial charge on any atom is -0.493 e. The van der Waals surface area contributed by atoms with Crippen LogP contribution in [0.4, 0.5) is 13.2 Å². The maximum absolute atomic E-state index is 13.4. The molecule has 4 rings (SSSR count). The average molecular weight is 448 g/mol. The Balaban J connectivity index is 1.45. The summed E-state index contributed by atoms with van der Waals surface area (Å²) >= 11 is 0. The lowest BCUT2D eigenvalue weighted by molar-refractivity contribution is -0.142. The number of hydrogen-bond donors (Lipinski definition) is 0. The van der Waals surface area contributed by atoms with E-state index in [1.54, 1.807) is 17.0 Å². The van der Waals surface area contributed by atoms with Crippen molar-refractivity contribution in [1.82, 2.24) is 19.5 Å². The van der Waals surface area contributed by atoms with Crippen molar-refractivity contribution in [3.63, 3.8) is 0 Å². The van der Waals surface area contributed by atoms with Gasteiger partial charge in [0.05, 0.1) is 12.8 Å². The van der Waals surface area contributed by atoms with Crippen molar-refractivity contribution in [2.24, 2.45) is 0 Å². The van der Waals surface area contributed by atoms with Crippen LogP contribution in [0.25, 0.3) is 5.65 Å². The molecule has 10 heteroatoms. The van der Waals surface area contributed by atoms with E-state index >= 15 is 0 Å². The number of benzene rings is 1.